The molecule has 0 radical (unpaired) electrons. The number of ketones is 1. The van der Waals surface area contributed by atoms with Crippen molar-refractivity contribution in [2.45, 2.75) is 33.1 Å². The van der Waals surface area contributed by atoms with E-state index in [9.17, 15) is 4.79 Å². The molecule has 0 saturated heterocycles. The predicted octanol–water partition coefficient (Wildman–Crippen LogP) is 3.36. The third kappa shape index (κ3) is 1.43. The Morgan fingerprint density at radius 1 is 1.39 bits per heavy atom. The maximum atomic E-state index is 11.7. The molecular weight excluding hydrogens is 224 g/mol. The summed E-state index contributed by atoms with van der Waals surface area (Å²) >= 11 is 0. The first-order chi connectivity index (χ1) is 8.59. The molecule has 1 aromatic carbocycles. The number of para-hydroxylation sites is 2. The van der Waals surface area contributed by atoms with Crippen molar-refractivity contribution < 1.29 is 4.79 Å². The molecule has 1 unspecified atom stereocenters. The van der Waals surface area contributed by atoms with Crippen LogP contribution in [0.25, 0.3) is 16.7 Å². The number of benzene rings is 1. The van der Waals surface area contributed by atoms with Gasteiger partial charge in [-0.1, -0.05) is 19.1 Å². The molecule has 0 fully saturated rings. The summed E-state index contributed by atoms with van der Waals surface area (Å²) < 4.78 is 2.14. The molecule has 2 aromatic rings. The minimum atomic E-state index is 0.169. The van der Waals surface area contributed by atoms with E-state index < -0.39 is 0 Å². The van der Waals surface area contributed by atoms with Crippen molar-refractivity contribution in [2.24, 2.45) is 0 Å². The third-order valence-electron chi connectivity index (χ3n) is 3.73. The second-order valence-electron chi connectivity index (χ2n) is 5.02. The molecule has 0 amide bonds. The van der Waals surface area contributed by atoms with Gasteiger partial charge in [-0.25, -0.2) is 4.98 Å². The highest BCUT2D eigenvalue weighted by Gasteiger charge is 2.26. The molecule has 0 bridgehead atoms. The highest BCUT2D eigenvalue weighted by atomic mass is 16.1. The number of aromatic nitrogens is 2. The molecule has 0 saturated carbocycles. The number of carbonyl (C=O) groups excluding carboxylic acids is 1. The first-order valence-electron chi connectivity index (χ1n) is 6.28. The van der Waals surface area contributed by atoms with Gasteiger partial charge in [0.05, 0.1) is 11.0 Å². The summed E-state index contributed by atoms with van der Waals surface area (Å²) in [5.41, 5.74) is 4.06. The molecule has 3 nitrogen and oxygen atoms in total. The summed E-state index contributed by atoms with van der Waals surface area (Å²) in [4.78, 5) is 16.4. The number of carbonyl (C=O) groups is 1. The summed E-state index contributed by atoms with van der Waals surface area (Å²) in [6.45, 7) is 5.79. The Bertz CT molecular complexity index is 679. The minimum absolute atomic E-state index is 0.169. The van der Waals surface area contributed by atoms with Crippen molar-refractivity contribution in [3.8, 4) is 0 Å². The quantitative estimate of drug-likeness (QED) is 0.766. The van der Waals surface area contributed by atoms with Gasteiger partial charge in [0, 0.05) is 17.2 Å². The molecule has 1 aliphatic heterocycles. The standard InChI is InChI=1S/C15H16N2O/c1-9-8-12(11(3)18)10(2)17-14-7-5-4-6-13(14)16-15(9)17/h4-7,9H,8H2,1-3H3. The molecule has 2 heterocycles. The van der Waals surface area contributed by atoms with Crippen molar-refractivity contribution >= 4 is 22.5 Å². The Kier molecular flexibility index (Phi) is 2.37. The van der Waals surface area contributed by atoms with Crippen LogP contribution in [0.2, 0.25) is 0 Å². The van der Waals surface area contributed by atoms with Crippen molar-refractivity contribution in [3.63, 3.8) is 0 Å². The Hall–Kier alpha value is -1.90. The van der Waals surface area contributed by atoms with Gasteiger partial charge >= 0.3 is 0 Å². The lowest BCUT2D eigenvalue weighted by Crippen LogP contribution is -2.17. The number of rotatable bonds is 1. The van der Waals surface area contributed by atoms with Crippen LogP contribution in [0.15, 0.2) is 29.8 Å². The predicted molar refractivity (Wildman–Crippen MR) is 72.3 cm³/mol. The Balaban J connectivity index is 2.37. The second kappa shape index (κ2) is 3.80. The van der Waals surface area contributed by atoms with Gasteiger partial charge in [0.15, 0.2) is 5.78 Å². The Morgan fingerprint density at radius 3 is 2.83 bits per heavy atom. The first kappa shape index (κ1) is 11.2. The van der Waals surface area contributed by atoms with Crippen LogP contribution in [0.1, 0.15) is 38.9 Å². The van der Waals surface area contributed by atoms with E-state index in [1.165, 1.54) is 0 Å². The average molecular weight is 240 g/mol. The number of nitrogens with zero attached hydrogens (tertiary/aromatic N) is 2. The summed E-state index contributed by atoms with van der Waals surface area (Å²) in [5.74, 6) is 1.53. The van der Waals surface area contributed by atoms with E-state index in [0.29, 0.717) is 5.92 Å². The third-order valence-corrected chi connectivity index (χ3v) is 3.73. The zero-order valence-corrected chi connectivity index (χ0v) is 10.9. The van der Waals surface area contributed by atoms with Gasteiger partial charge in [0.25, 0.3) is 0 Å². The number of hydrogen-bond donors (Lipinski definition) is 0. The van der Waals surface area contributed by atoms with Crippen LogP contribution in [0.3, 0.4) is 0 Å². The molecule has 3 rings (SSSR count). The molecular formula is C15H16N2O. The highest BCUT2D eigenvalue weighted by Crippen LogP contribution is 2.36. The lowest BCUT2D eigenvalue weighted by atomic mass is 9.93. The molecule has 1 aliphatic rings. The molecule has 92 valence electrons. The van der Waals surface area contributed by atoms with Crippen molar-refractivity contribution in [3.05, 3.63) is 35.7 Å². The molecule has 0 N–H and O–H groups in total. The molecule has 3 heteroatoms. The summed E-state index contributed by atoms with van der Waals surface area (Å²) in [7, 11) is 0. The maximum absolute atomic E-state index is 11.7. The van der Waals surface area contributed by atoms with Crippen molar-refractivity contribution in [1.82, 2.24) is 9.55 Å². The monoisotopic (exact) mass is 240 g/mol. The lowest BCUT2D eigenvalue weighted by molar-refractivity contribution is -0.113. The summed E-state index contributed by atoms with van der Waals surface area (Å²) in [6.07, 6.45) is 0.796. The smallest absolute Gasteiger partial charge is 0.157 e. The van der Waals surface area contributed by atoms with E-state index in [0.717, 1.165) is 34.5 Å². The molecule has 0 spiro atoms. The largest absolute Gasteiger partial charge is 0.300 e. The van der Waals surface area contributed by atoms with Gasteiger partial charge in [0.1, 0.15) is 5.82 Å². The number of imidazole rings is 1. The van der Waals surface area contributed by atoms with Gasteiger partial charge in [-0.15, -0.1) is 0 Å². The van der Waals surface area contributed by atoms with Gasteiger partial charge in [-0.3, -0.25) is 9.36 Å². The summed E-state index contributed by atoms with van der Waals surface area (Å²) in [6, 6.07) is 8.09. The lowest BCUT2D eigenvalue weighted by Gasteiger charge is -2.24. The van der Waals surface area contributed by atoms with Gasteiger partial charge in [-0.2, -0.15) is 0 Å². The molecule has 0 aliphatic carbocycles. The van der Waals surface area contributed by atoms with Crippen LogP contribution in [0.4, 0.5) is 0 Å². The molecule has 1 aromatic heterocycles. The topological polar surface area (TPSA) is 34.9 Å². The van der Waals surface area contributed by atoms with Crippen LogP contribution < -0.4 is 0 Å². The van der Waals surface area contributed by atoms with Crippen molar-refractivity contribution in [2.75, 3.05) is 0 Å². The highest BCUT2D eigenvalue weighted by molar-refractivity contribution is 6.00. The fraction of sp³-hybridized carbons (Fsp3) is 0.333. The fourth-order valence-corrected chi connectivity index (χ4v) is 2.81. The zero-order valence-electron chi connectivity index (χ0n) is 10.9. The fourth-order valence-electron chi connectivity index (χ4n) is 2.81. The Labute approximate surface area is 106 Å². The number of allylic oxidation sites excluding steroid dienone is 2. The van der Waals surface area contributed by atoms with Crippen LogP contribution in [0, 0.1) is 0 Å². The Morgan fingerprint density at radius 2 is 2.11 bits per heavy atom. The van der Waals surface area contributed by atoms with Crippen LogP contribution in [-0.4, -0.2) is 15.3 Å². The molecule has 1 atom stereocenters. The van der Waals surface area contributed by atoms with E-state index >= 15 is 0 Å². The molecule has 18 heavy (non-hydrogen) atoms. The zero-order chi connectivity index (χ0) is 12.9. The van der Waals surface area contributed by atoms with Crippen LogP contribution in [0.5, 0.6) is 0 Å². The van der Waals surface area contributed by atoms with Gasteiger partial charge < -0.3 is 0 Å². The number of Topliss-reactive ketones (excluding diaryl/α,β-unsaturated/α-hetero) is 1. The SMILES string of the molecule is CC(=O)C1=C(C)n2c(nc3ccccc32)C(C)C1. The maximum Gasteiger partial charge on any atom is 0.157 e. The van der Waals surface area contributed by atoms with Crippen LogP contribution >= 0.6 is 0 Å². The number of fused-ring (bicyclic) bond motifs is 3. The van der Waals surface area contributed by atoms with E-state index in [1.54, 1.807) is 6.92 Å². The second-order valence-corrected chi connectivity index (χ2v) is 5.02. The minimum Gasteiger partial charge on any atom is -0.300 e. The van der Waals surface area contributed by atoms with E-state index in [4.69, 9.17) is 4.98 Å². The average Bonchev–Trinajstić information content (AvgIpc) is 2.73. The van der Waals surface area contributed by atoms with Gasteiger partial charge in [-0.05, 0) is 32.4 Å². The first-order valence-corrected chi connectivity index (χ1v) is 6.28. The van der Waals surface area contributed by atoms with Crippen molar-refractivity contribution in [1.29, 1.82) is 0 Å². The summed E-state index contributed by atoms with van der Waals surface area (Å²) in [5, 5.41) is 0. The number of hydrogen-bond acceptors (Lipinski definition) is 2. The van der Waals surface area contributed by atoms with E-state index in [1.807, 2.05) is 25.1 Å². The van der Waals surface area contributed by atoms with Gasteiger partial charge in [0.2, 0.25) is 0 Å². The van der Waals surface area contributed by atoms with E-state index in [-0.39, 0.29) is 5.78 Å². The normalized spacial score (nSPS) is 19.2. The van der Waals surface area contributed by atoms with Crippen LogP contribution in [-0.2, 0) is 4.79 Å². The van der Waals surface area contributed by atoms with E-state index in [2.05, 4.69) is 17.6 Å².